The van der Waals surface area contributed by atoms with Crippen molar-refractivity contribution in [2.24, 2.45) is 5.92 Å². The largest absolute Gasteiger partial charge is 0.469 e. The lowest BCUT2D eigenvalue weighted by atomic mass is 10.1. The number of hydrogen-bond acceptors (Lipinski definition) is 6. The minimum Gasteiger partial charge on any atom is -0.469 e. The highest BCUT2D eigenvalue weighted by molar-refractivity contribution is 5.85. The van der Waals surface area contributed by atoms with E-state index in [9.17, 15) is 14.4 Å². The van der Waals surface area contributed by atoms with E-state index < -0.39 is 23.8 Å². The van der Waals surface area contributed by atoms with Gasteiger partial charge in [-0.05, 0) is 0 Å². The topological polar surface area (TPSA) is 78.9 Å². The molecule has 1 unspecified atom stereocenters. The molecular weight excluding hydrogens is 216 g/mol. The molecule has 0 aromatic heterocycles. The van der Waals surface area contributed by atoms with Gasteiger partial charge in [-0.15, -0.1) is 0 Å². The summed E-state index contributed by atoms with van der Waals surface area (Å²) in [5.74, 6) is -2.65. The van der Waals surface area contributed by atoms with E-state index in [1.54, 1.807) is 0 Å². The molecule has 0 saturated heterocycles. The van der Waals surface area contributed by atoms with Gasteiger partial charge in [0.25, 0.3) is 0 Å². The van der Waals surface area contributed by atoms with E-state index in [0.717, 1.165) is 6.08 Å². The van der Waals surface area contributed by atoms with Crippen molar-refractivity contribution in [3.63, 3.8) is 0 Å². The highest BCUT2D eigenvalue weighted by Crippen LogP contribution is 2.08. The van der Waals surface area contributed by atoms with Crippen LogP contribution in [0.5, 0.6) is 0 Å². The molecule has 0 amide bonds. The fraction of sp³-hybridized carbons (Fsp3) is 0.500. The van der Waals surface area contributed by atoms with Gasteiger partial charge in [0.2, 0.25) is 0 Å². The first-order valence-electron chi connectivity index (χ1n) is 4.46. The maximum atomic E-state index is 11.2. The molecule has 0 heterocycles. The first kappa shape index (κ1) is 14.2. The molecule has 0 aliphatic carbocycles. The van der Waals surface area contributed by atoms with Crippen molar-refractivity contribution in [2.75, 3.05) is 21.3 Å². The van der Waals surface area contributed by atoms with Gasteiger partial charge in [-0.1, -0.05) is 6.08 Å². The Hall–Kier alpha value is -1.85. The van der Waals surface area contributed by atoms with Crippen LogP contribution in [-0.2, 0) is 28.6 Å². The quantitative estimate of drug-likeness (QED) is 0.377. The molecule has 90 valence electrons. The molecule has 0 aliphatic rings. The summed E-state index contributed by atoms with van der Waals surface area (Å²) in [6, 6.07) is 0. The Bertz CT molecular complexity index is 294. The molecule has 0 N–H and O–H groups in total. The van der Waals surface area contributed by atoms with E-state index in [-0.39, 0.29) is 6.42 Å². The summed E-state index contributed by atoms with van der Waals surface area (Å²) in [6.07, 6.45) is 2.12. The van der Waals surface area contributed by atoms with Crippen molar-refractivity contribution in [3.05, 3.63) is 12.2 Å². The van der Waals surface area contributed by atoms with E-state index in [1.165, 1.54) is 27.4 Å². The average molecular weight is 230 g/mol. The monoisotopic (exact) mass is 230 g/mol. The van der Waals surface area contributed by atoms with Crippen LogP contribution in [0.4, 0.5) is 0 Å². The summed E-state index contributed by atoms with van der Waals surface area (Å²) in [7, 11) is 3.61. The molecule has 0 spiro atoms. The normalized spacial score (nSPS) is 11.9. The Kier molecular flexibility index (Phi) is 6.58. The smallest absolute Gasteiger partial charge is 0.330 e. The van der Waals surface area contributed by atoms with Crippen LogP contribution in [0, 0.1) is 5.92 Å². The van der Waals surface area contributed by atoms with Gasteiger partial charge in [-0.2, -0.15) is 0 Å². The average Bonchev–Trinajstić information content (AvgIpc) is 2.32. The van der Waals surface area contributed by atoms with Crippen molar-refractivity contribution < 1.29 is 28.6 Å². The zero-order valence-corrected chi connectivity index (χ0v) is 9.39. The van der Waals surface area contributed by atoms with E-state index in [4.69, 9.17) is 0 Å². The highest BCUT2D eigenvalue weighted by Gasteiger charge is 2.20. The molecule has 0 aromatic rings. The summed E-state index contributed by atoms with van der Waals surface area (Å²) in [5, 5.41) is 0. The third-order valence-electron chi connectivity index (χ3n) is 1.78. The lowest BCUT2D eigenvalue weighted by Gasteiger charge is -2.08. The van der Waals surface area contributed by atoms with Crippen LogP contribution in [-0.4, -0.2) is 39.2 Å². The maximum absolute atomic E-state index is 11.2. The Balaban J connectivity index is 4.55. The molecule has 0 rings (SSSR count). The van der Waals surface area contributed by atoms with Crippen LogP contribution < -0.4 is 0 Å². The van der Waals surface area contributed by atoms with Crippen LogP contribution in [0.25, 0.3) is 0 Å². The predicted octanol–water partition coefficient (Wildman–Crippen LogP) is 0.0679. The highest BCUT2D eigenvalue weighted by atomic mass is 16.5. The van der Waals surface area contributed by atoms with Crippen LogP contribution in [0.2, 0.25) is 0 Å². The summed E-state index contributed by atoms with van der Waals surface area (Å²) in [5.41, 5.74) is 0. The Morgan fingerprint density at radius 3 is 2.12 bits per heavy atom. The number of methoxy groups -OCH3 is 3. The number of ether oxygens (including phenoxy) is 3. The van der Waals surface area contributed by atoms with Crippen LogP contribution >= 0.6 is 0 Å². The van der Waals surface area contributed by atoms with Crippen molar-refractivity contribution >= 4 is 17.9 Å². The third-order valence-corrected chi connectivity index (χ3v) is 1.78. The number of carbonyl (C=O) groups is 3. The van der Waals surface area contributed by atoms with E-state index in [0.29, 0.717) is 0 Å². The molecule has 0 aliphatic heterocycles. The first-order valence-corrected chi connectivity index (χ1v) is 4.46. The lowest BCUT2D eigenvalue weighted by molar-refractivity contribution is -0.150. The zero-order chi connectivity index (χ0) is 12.6. The number of rotatable bonds is 5. The third kappa shape index (κ3) is 5.14. The molecule has 1 atom stereocenters. The van der Waals surface area contributed by atoms with Crippen molar-refractivity contribution in [1.29, 1.82) is 0 Å². The molecule has 6 heteroatoms. The SMILES string of the molecule is COC(=O)/C=C/C(CC(=O)OC)C(=O)OC. The van der Waals surface area contributed by atoms with Crippen LogP contribution in [0.15, 0.2) is 12.2 Å². The van der Waals surface area contributed by atoms with Crippen molar-refractivity contribution in [1.82, 2.24) is 0 Å². The van der Waals surface area contributed by atoms with Gasteiger partial charge in [-0.25, -0.2) is 4.79 Å². The second-order valence-electron chi connectivity index (χ2n) is 2.79. The van der Waals surface area contributed by atoms with E-state index >= 15 is 0 Å². The second-order valence-corrected chi connectivity index (χ2v) is 2.79. The lowest BCUT2D eigenvalue weighted by Crippen LogP contribution is -2.19. The fourth-order valence-corrected chi connectivity index (χ4v) is 0.907. The fourth-order valence-electron chi connectivity index (χ4n) is 0.907. The minimum atomic E-state index is -0.850. The van der Waals surface area contributed by atoms with Crippen molar-refractivity contribution in [2.45, 2.75) is 6.42 Å². The maximum Gasteiger partial charge on any atom is 0.330 e. The molecule has 0 fully saturated rings. The van der Waals surface area contributed by atoms with Gasteiger partial charge in [0.15, 0.2) is 0 Å². The van der Waals surface area contributed by atoms with Gasteiger partial charge < -0.3 is 14.2 Å². The summed E-state index contributed by atoms with van der Waals surface area (Å²) >= 11 is 0. The van der Waals surface area contributed by atoms with Crippen LogP contribution in [0.3, 0.4) is 0 Å². The number of hydrogen-bond donors (Lipinski definition) is 0. The number of esters is 3. The van der Waals surface area contributed by atoms with Gasteiger partial charge in [0, 0.05) is 6.08 Å². The molecule has 0 bridgehead atoms. The molecule has 0 saturated carbocycles. The second kappa shape index (κ2) is 7.44. The Morgan fingerprint density at radius 1 is 1.06 bits per heavy atom. The Morgan fingerprint density at radius 2 is 1.69 bits per heavy atom. The van der Waals surface area contributed by atoms with E-state index in [2.05, 4.69) is 14.2 Å². The van der Waals surface area contributed by atoms with Crippen LogP contribution in [0.1, 0.15) is 6.42 Å². The first-order chi connectivity index (χ1) is 7.54. The Labute approximate surface area is 93.2 Å². The van der Waals surface area contributed by atoms with E-state index in [1.807, 2.05) is 0 Å². The molecule has 16 heavy (non-hydrogen) atoms. The molecule has 0 aromatic carbocycles. The van der Waals surface area contributed by atoms with Gasteiger partial charge in [0.05, 0.1) is 33.7 Å². The molecule has 0 radical (unpaired) electrons. The predicted molar refractivity (Wildman–Crippen MR) is 53.3 cm³/mol. The number of carbonyl (C=O) groups excluding carboxylic acids is 3. The van der Waals surface area contributed by atoms with Crippen molar-refractivity contribution in [3.8, 4) is 0 Å². The van der Waals surface area contributed by atoms with Gasteiger partial charge in [0.1, 0.15) is 0 Å². The van der Waals surface area contributed by atoms with Gasteiger partial charge >= 0.3 is 17.9 Å². The molecule has 6 nitrogen and oxygen atoms in total. The summed E-state index contributed by atoms with van der Waals surface area (Å²) in [4.78, 5) is 33.0. The van der Waals surface area contributed by atoms with Gasteiger partial charge in [-0.3, -0.25) is 9.59 Å². The zero-order valence-electron chi connectivity index (χ0n) is 9.39. The standard InChI is InChI=1S/C10H14O6/c1-14-8(11)5-4-7(10(13)16-3)6-9(12)15-2/h4-5,7H,6H2,1-3H3/b5-4+. The minimum absolute atomic E-state index is 0.184. The summed E-state index contributed by atoms with van der Waals surface area (Å²) in [6.45, 7) is 0. The summed E-state index contributed by atoms with van der Waals surface area (Å²) < 4.78 is 13.2. The molecular formula is C10H14O6.